The Morgan fingerprint density at radius 3 is 2.68 bits per heavy atom. The fourth-order valence-electron chi connectivity index (χ4n) is 2.93. The Morgan fingerprint density at radius 1 is 1.26 bits per heavy atom. The number of hydrogen-bond acceptors (Lipinski definition) is 4. The van der Waals surface area contributed by atoms with E-state index in [-0.39, 0.29) is 5.69 Å². The summed E-state index contributed by atoms with van der Waals surface area (Å²) in [6.07, 6.45) is 2.07. The van der Waals surface area contributed by atoms with Gasteiger partial charge in [-0.2, -0.15) is 0 Å². The molecule has 1 fully saturated rings. The van der Waals surface area contributed by atoms with Crippen LogP contribution in [0.1, 0.15) is 24.3 Å². The van der Waals surface area contributed by atoms with Crippen molar-refractivity contribution in [1.29, 1.82) is 0 Å². The topological polar surface area (TPSA) is 59.5 Å². The molecule has 0 spiro atoms. The minimum Gasteiger partial charge on any atom is -0.421 e. The Bertz CT molecular complexity index is 655. The lowest BCUT2D eigenvalue weighted by Crippen LogP contribution is -2.30. The van der Waals surface area contributed by atoms with Gasteiger partial charge in [-0.1, -0.05) is 18.2 Å². The lowest BCUT2D eigenvalue weighted by atomic mass is 9.87. The van der Waals surface area contributed by atoms with Crippen molar-refractivity contribution in [3.05, 3.63) is 40.2 Å². The molecule has 1 aromatic carbocycles. The van der Waals surface area contributed by atoms with E-state index < -0.39 is 5.63 Å². The van der Waals surface area contributed by atoms with Gasteiger partial charge < -0.3 is 15.1 Å². The number of nitrogen functional groups attached to an aromatic ring is 1. The van der Waals surface area contributed by atoms with E-state index in [2.05, 4.69) is 11.9 Å². The molecule has 19 heavy (non-hydrogen) atoms. The fraction of sp³-hybridized carbons (Fsp3) is 0.400. The minimum absolute atomic E-state index is 0.285. The summed E-state index contributed by atoms with van der Waals surface area (Å²) in [5.41, 5.74) is 7.49. The number of anilines is 1. The first kappa shape index (κ1) is 12.2. The number of rotatable bonds is 1. The van der Waals surface area contributed by atoms with Crippen LogP contribution in [0.3, 0.4) is 0 Å². The monoisotopic (exact) mass is 258 g/mol. The summed E-state index contributed by atoms with van der Waals surface area (Å²) in [4.78, 5) is 14.2. The third kappa shape index (κ3) is 2.12. The molecule has 4 heteroatoms. The highest BCUT2D eigenvalue weighted by molar-refractivity contribution is 5.84. The van der Waals surface area contributed by atoms with Gasteiger partial charge in [0.1, 0.15) is 11.3 Å². The van der Waals surface area contributed by atoms with Crippen molar-refractivity contribution < 1.29 is 4.42 Å². The molecule has 0 atom stereocenters. The summed E-state index contributed by atoms with van der Waals surface area (Å²) in [7, 11) is 2.12. The first-order chi connectivity index (χ1) is 9.16. The van der Waals surface area contributed by atoms with Crippen molar-refractivity contribution in [3.8, 4) is 0 Å². The molecule has 2 aromatic rings. The fourth-order valence-corrected chi connectivity index (χ4v) is 2.93. The minimum atomic E-state index is -0.410. The molecular weight excluding hydrogens is 240 g/mol. The molecule has 4 nitrogen and oxygen atoms in total. The van der Waals surface area contributed by atoms with E-state index in [0.29, 0.717) is 11.5 Å². The summed E-state index contributed by atoms with van der Waals surface area (Å²) in [6, 6.07) is 7.65. The Balaban J connectivity index is 2.16. The summed E-state index contributed by atoms with van der Waals surface area (Å²) < 4.78 is 5.25. The van der Waals surface area contributed by atoms with E-state index in [0.717, 1.165) is 36.9 Å². The molecule has 0 radical (unpaired) electrons. The maximum absolute atomic E-state index is 11.9. The van der Waals surface area contributed by atoms with Crippen LogP contribution in [-0.4, -0.2) is 25.0 Å². The number of nitrogens with zero attached hydrogens (tertiary/aromatic N) is 1. The number of piperidine rings is 1. The van der Waals surface area contributed by atoms with Crippen LogP contribution < -0.4 is 11.4 Å². The van der Waals surface area contributed by atoms with Crippen molar-refractivity contribution in [2.75, 3.05) is 25.9 Å². The van der Waals surface area contributed by atoms with Crippen LogP contribution in [0.15, 0.2) is 33.5 Å². The van der Waals surface area contributed by atoms with Crippen LogP contribution in [0.4, 0.5) is 5.69 Å². The van der Waals surface area contributed by atoms with E-state index in [1.165, 1.54) is 0 Å². The molecule has 0 unspecified atom stereocenters. The zero-order valence-electron chi connectivity index (χ0n) is 11.1. The number of fused-ring (bicyclic) bond motifs is 1. The molecule has 1 aliphatic rings. The summed E-state index contributed by atoms with van der Waals surface area (Å²) >= 11 is 0. The predicted octanol–water partition coefficient (Wildman–Crippen LogP) is 2.18. The predicted molar refractivity (Wildman–Crippen MR) is 76.4 cm³/mol. The van der Waals surface area contributed by atoms with Gasteiger partial charge in [0.25, 0.3) is 0 Å². The number of hydrogen-bond donors (Lipinski definition) is 1. The maximum atomic E-state index is 11.9. The average Bonchev–Trinajstić information content (AvgIpc) is 2.42. The number of nitrogens with two attached hydrogens (primary N) is 1. The molecule has 0 aliphatic carbocycles. The van der Waals surface area contributed by atoms with Gasteiger partial charge in [0.2, 0.25) is 0 Å². The van der Waals surface area contributed by atoms with Crippen LogP contribution in [0.25, 0.3) is 11.0 Å². The quantitative estimate of drug-likeness (QED) is 0.796. The molecule has 3 rings (SSSR count). The molecule has 2 N–H and O–H groups in total. The Kier molecular flexibility index (Phi) is 3.03. The second kappa shape index (κ2) is 4.70. The Morgan fingerprint density at radius 2 is 1.95 bits per heavy atom. The molecule has 100 valence electrons. The largest absolute Gasteiger partial charge is 0.421 e. The number of para-hydroxylation sites is 1. The zero-order chi connectivity index (χ0) is 13.4. The first-order valence-electron chi connectivity index (χ1n) is 6.66. The average molecular weight is 258 g/mol. The third-order valence-corrected chi connectivity index (χ3v) is 4.02. The highest BCUT2D eigenvalue weighted by Crippen LogP contribution is 2.35. The van der Waals surface area contributed by atoms with Crippen LogP contribution >= 0.6 is 0 Å². The van der Waals surface area contributed by atoms with Gasteiger partial charge in [-0.25, -0.2) is 4.79 Å². The van der Waals surface area contributed by atoms with E-state index in [4.69, 9.17) is 10.2 Å². The van der Waals surface area contributed by atoms with E-state index in [9.17, 15) is 4.79 Å². The van der Waals surface area contributed by atoms with E-state index in [1.807, 2.05) is 24.3 Å². The van der Waals surface area contributed by atoms with Crippen molar-refractivity contribution in [3.63, 3.8) is 0 Å². The van der Waals surface area contributed by atoms with E-state index >= 15 is 0 Å². The highest BCUT2D eigenvalue weighted by Gasteiger charge is 2.24. The van der Waals surface area contributed by atoms with E-state index in [1.54, 1.807) is 0 Å². The molecule has 2 heterocycles. The first-order valence-corrected chi connectivity index (χ1v) is 6.66. The Labute approximate surface area is 111 Å². The van der Waals surface area contributed by atoms with Gasteiger partial charge >= 0.3 is 5.63 Å². The molecule has 0 saturated carbocycles. The van der Waals surface area contributed by atoms with Crippen molar-refractivity contribution >= 4 is 16.7 Å². The molecule has 1 aliphatic heterocycles. The SMILES string of the molecule is CN1CCC(c2c(N)c(=O)oc3ccccc23)CC1. The lowest BCUT2D eigenvalue weighted by Gasteiger charge is -2.30. The van der Waals surface area contributed by atoms with Crippen LogP contribution in [0.5, 0.6) is 0 Å². The third-order valence-electron chi connectivity index (χ3n) is 4.02. The van der Waals surface area contributed by atoms with Crippen molar-refractivity contribution in [2.45, 2.75) is 18.8 Å². The van der Waals surface area contributed by atoms with Crippen molar-refractivity contribution in [1.82, 2.24) is 4.90 Å². The van der Waals surface area contributed by atoms with Gasteiger partial charge in [-0.3, -0.25) is 0 Å². The number of likely N-dealkylation sites (tertiary alicyclic amines) is 1. The van der Waals surface area contributed by atoms with Crippen LogP contribution in [0, 0.1) is 0 Å². The van der Waals surface area contributed by atoms with Crippen LogP contribution in [-0.2, 0) is 0 Å². The molecule has 1 saturated heterocycles. The zero-order valence-corrected chi connectivity index (χ0v) is 11.1. The Hall–Kier alpha value is -1.81. The molecular formula is C15H18N2O2. The summed E-state index contributed by atoms with van der Waals surface area (Å²) in [6.45, 7) is 2.08. The van der Waals surface area contributed by atoms with Crippen LogP contribution in [0.2, 0.25) is 0 Å². The molecule has 0 bridgehead atoms. The summed E-state index contributed by atoms with van der Waals surface area (Å²) in [5, 5.41) is 0.981. The van der Waals surface area contributed by atoms with Gasteiger partial charge in [0.05, 0.1) is 0 Å². The maximum Gasteiger partial charge on any atom is 0.359 e. The normalized spacial score (nSPS) is 17.9. The van der Waals surface area contributed by atoms with Gasteiger partial charge in [0, 0.05) is 5.39 Å². The standard InChI is InChI=1S/C15H18N2O2/c1-17-8-6-10(7-9-17)13-11-4-2-3-5-12(11)19-15(18)14(13)16/h2-5,10H,6-9,16H2,1H3. The summed E-state index contributed by atoms with van der Waals surface area (Å²) in [5.74, 6) is 0.352. The van der Waals surface area contributed by atoms with Gasteiger partial charge in [0.15, 0.2) is 0 Å². The lowest BCUT2D eigenvalue weighted by molar-refractivity contribution is 0.256. The molecule has 1 aromatic heterocycles. The second-order valence-electron chi connectivity index (χ2n) is 5.29. The number of benzene rings is 1. The second-order valence-corrected chi connectivity index (χ2v) is 5.29. The molecule has 0 amide bonds. The smallest absolute Gasteiger partial charge is 0.359 e. The van der Waals surface area contributed by atoms with Crippen molar-refractivity contribution in [2.24, 2.45) is 0 Å². The van der Waals surface area contributed by atoms with Gasteiger partial charge in [-0.15, -0.1) is 0 Å². The highest BCUT2D eigenvalue weighted by atomic mass is 16.4. The van der Waals surface area contributed by atoms with Gasteiger partial charge in [-0.05, 0) is 50.5 Å².